The fraction of sp³-hybridized carbons (Fsp3) is 0.368. The molecule has 4 aliphatic heterocycles. The van der Waals surface area contributed by atoms with Crippen LogP contribution in [0.15, 0.2) is 66.9 Å². The number of anilines is 1. The average molecular weight is 681 g/mol. The summed E-state index contributed by atoms with van der Waals surface area (Å²) in [6.45, 7) is 6.11. The number of rotatable bonds is 7. The fourth-order valence-electron chi connectivity index (χ4n) is 8.58. The Balaban J connectivity index is 1.35. The van der Waals surface area contributed by atoms with Gasteiger partial charge in [-0.2, -0.15) is 15.2 Å². The van der Waals surface area contributed by atoms with E-state index in [1.54, 1.807) is 48.6 Å². The summed E-state index contributed by atoms with van der Waals surface area (Å²) in [5.41, 5.74) is 2.77. The van der Waals surface area contributed by atoms with Gasteiger partial charge < -0.3 is 20.1 Å². The predicted octanol–water partition coefficient (Wildman–Crippen LogP) is 6.98. The van der Waals surface area contributed by atoms with E-state index in [9.17, 15) is 14.8 Å². The van der Waals surface area contributed by atoms with Gasteiger partial charge in [0.05, 0.1) is 17.2 Å². The molecule has 1 aromatic heterocycles. The van der Waals surface area contributed by atoms with Gasteiger partial charge >= 0.3 is 6.01 Å². The van der Waals surface area contributed by atoms with Crippen LogP contribution in [0.4, 0.5) is 14.6 Å². The summed E-state index contributed by atoms with van der Waals surface area (Å²) in [5, 5.41) is 26.6. The van der Waals surface area contributed by atoms with Crippen LogP contribution < -0.4 is 15.0 Å². The van der Waals surface area contributed by atoms with E-state index in [2.05, 4.69) is 33.5 Å². The zero-order valence-electron chi connectivity index (χ0n) is 26.8. The van der Waals surface area contributed by atoms with Crippen LogP contribution in [0.5, 0.6) is 11.8 Å². The molecule has 3 aromatic carbocycles. The zero-order chi connectivity index (χ0) is 33.9. The van der Waals surface area contributed by atoms with E-state index in [-0.39, 0.29) is 46.1 Å². The van der Waals surface area contributed by atoms with Crippen molar-refractivity contribution < 1.29 is 18.6 Å². The standard InChI is InChI=1S/C38H35ClF2N6O2/c1-2-3-4-9-31(38-12-6-13-47(38)19-24(40)17-38)49-37-44-35-29(36(45-37)46-20-25-10-11-26(21-46)43-25)15-23(18-42)33(34(35)41)28-16-27(48)14-22-7-5-8-30(39)32(22)28/h2-3,5,7-9,14-16,24-26,31,43,48H,1,6,10-13,17,19-21H2/t4?,24-,25?,26?,31?,38+/m1/s1. The Labute approximate surface area is 288 Å². The quantitative estimate of drug-likeness (QED) is 0.159. The van der Waals surface area contributed by atoms with Crippen molar-refractivity contribution in [3.63, 3.8) is 0 Å². The minimum Gasteiger partial charge on any atom is -0.508 e. The van der Waals surface area contributed by atoms with Crippen LogP contribution in [-0.4, -0.2) is 76.1 Å². The molecule has 8 rings (SSSR count). The molecule has 2 N–H and O–H groups in total. The van der Waals surface area contributed by atoms with Crippen molar-refractivity contribution in [1.29, 1.82) is 5.26 Å². The molecule has 0 amide bonds. The third-order valence-electron chi connectivity index (χ3n) is 10.6. The number of nitrogens with zero attached hydrogens (tertiary/aromatic N) is 5. The SMILES string of the molecule is C=CC=C=CC(Oc1nc(N2CC3CCC(C2)N3)c2cc(C#N)c(-c3cc(O)cc4cccc(Cl)c34)c(F)c2n1)[C@@]12CCCN1C[C@H](F)C2. The predicted molar refractivity (Wildman–Crippen MR) is 186 cm³/mol. The molecular formula is C38H35ClF2N6O2. The van der Waals surface area contributed by atoms with Gasteiger partial charge in [-0.3, -0.25) is 4.90 Å². The summed E-state index contributed by atoms with van der Waals surface area (Å²) in [5.74, 6) is -0.377. The molecule has 4 aliphatic rings. The second-order valence-corrected chi connectivity index (χ2v) is 14.0. The van der Waals surface area contributed by atoms with Gasteiger partial charge in [0.1, 0.15) is 29.4 Å². The number of nitriles is 1. The lowest BCUT2D eigenvalue weighted by Gasteiger charge is -2.37. The Bertz CT molecular complexity index is 2100. The number of aromatic nitrogens is 2. The maximum absolute atomic E-state index is 17.3. The first kappa shape index (κ1) is 31.7. The van der Waals surface area contributed by atoms with Crippen LogP contribution >= 0.6 is 11.6 Å². The summed E-state index contributed by atoms with van der Waals surface area (Å²) in [4.78, 5) is 13.9. The average Bonchev–Trinajstić information content (AvgIpc) is 3.74. The van der Waals surface area contributed by atoms with Crippen molar-refractivity contribution in [2.45, 2.75) is 62.0 Å². The van der Waals surface area contributed by atoms with Crippen LogP contribution in [0.1, 0.15) is 37.7 Å². The molecule has 4 aromatic rings. The van der Waals surface area contributed by atoms with Crippen molar-refractivity contribution in [2.75, 3.05) is 31.1 Å². The first-order valence-electron chi connectivity index (χ1n) is 16.7. The minimum absolute atomic E-state index is 0.0247. The Morgan fingerprint density at radius 1 is 1.18 bits per heavy atom. The molecule has 4 saturated heterocycles. The van der Waals surface area contributed by atoms with Crippen molar-refractivity contribution in [1.82, 2.24) is 20.2 Å². The highest BCUT2D eigenvalue weighted by Crippen LogP contribution is 2.46. The van der Waals surface area contributed by atoms with Crippen LogP contribution in [0.3, 0.4) is 0 Å². The zero-order valence-corrected chi connectivity index (χ0v) is 27.6. The van der Waals surface area contributed by atoms with Gasteiger partial charge in [0.15, 0.2) is 5.82 Å². The molecule has 0 aliphatic carbocycles. The topological polar surface area (TPSA) is 97.5 Å². The summed E-state index contributed by atoms with van der Waals surface area (Å²) >= 11 is 6.65. The van der Waals surface area contributed by atoms with Gasteiger partial charge in [-0.15, -0.1) is 5.73 Å². The van der Waals surface area contributed by atoms with Gasteiger partial charge in [0.2, 0.25) is 0 Å². The van der Waals surface area contributed by atoms with Crippen molar-refractivity contribution in [3.8, 4) is 29.0 Å². The van der Waals surface area contributed by atoms with E-state index in [4.69, 9.17) is 26.3 Å². The molecule has 49 heavy (non-hydrogen) atoms. The van der Waals surface area contributed by atoms with Crippen molar-refractivity contribution in [3.05, 3.63) is 83.3 Å². The Morgan fingerprint density at radius 3 is 2.78 bits per heavy atom. The summed E-state index contributed by atoms with van der Waals surface area (Å²) in [6.07, 6.45) is 7.31. The van der Waals surface area contributed by atoms with Crippen molar-refractivity contribution in [2.24, 2.45) is 0 Å². The molecule has 4 fully saturated rings. The van der Waals surface area contributed by atoms with Crippen LogP contribution in [-0.2, 0) is 0 Å². The van der Waals surface area contributed by atoms with Gasteiger partial charge in [-0.05, 0) is 73.5 Å². The van der Waals surface area contributed by atoms with E-state index in [0.717, 1.165) is 32.2 Å². The molecule has 0 spiro atoms. The number of phenols is 1. The number of phenolic OH excluding ortho intramolecular Hbond substituents is 1. The number of piperazine rings is 1. The van der Waals surface area contributed by atoms with E-state index < -0.39 is 23.6 Å². The molecule has 5 atom stereocenters. The Hall–Kier alpha value is -4.52. The van der Waals surface area contributed by atoms with Gasteiger partial charge in [0, 0.05) is 65.6 Å². The van der Waals surface area contributed by atoms with E-state index in [1.807, 2.05) is 0 Å². The fourth-order valence-corrected chi connectivity index (χ4v) is 8.86. The molecule has 5 heterocycles. The largest absolute Gasteiger partial charge is 0.508 e. The molecule has 0 saturated carbocycles. The minimum atomic E-state index is -0.999. The van der Waals surface area contributed by atoms with E-state index >= 15 is 4.39 Å². The summed E-state index contributed by atoms with van der Waals surface area (Å²) in [7, 11) is 0. The maximum Gasteiger partial charge on any atom is 0.319 e. The van der Waals surface area contributed by atoms with Crippen LogP contribution in [0.25, 0.3) is 32.8 Å². The number of halogens is 3. The molecule has 0 radical (unpaired) electrons. The number of nitrogens with one attached hydrogen (secondary N) is 1. The van der Waals surface area contributed by atoms with Crippen LogP contribution in [0.2, 0.25) is 5.02 Å². The van der Waals surface area contributed by atoms with Gasteiger partial charge in [-0.25, -0.2) is 8.78 Å². The first-order valence-corrected chi connectivity index (χ1v) is 17.1. The molecule has 250 valence electrons. The Morgan fingerprint density at radius 2 is 2.00 bits per heavy atom. The third kappa shape index (κ3) is 5.42. The van der Waals surface area contributed by atoms with E-state index in [0.29, 0.717) is 53.1 Å². The number of allylic oxidation sites excluding steroid dienone is 1. The number of fused-ring (bicyclic) bond motifs is 5. The second kappa shape index (κ2) is 12.4. The van der Waals surface area contributed by atoms with Gasteiger partial charge in [-0.1, -0.05) is 36.4 Å². The lowest BCUT2D eigenvalue weighted by Crippen LogP contribution is -2.51. The highest BCUT2D eigenvalue weighted by Gasteiger charge is 2.54. The molecule has 3 unspecified atom stereocenters. The number of benzene rings is 3. The highest BCUT2D eigenvalue weighted by molar-refractivity contribution is 6.36. The second-order valence-electron chi connectivity index (χ2n) is 13.6. The summed E-state index contributed by atoms with van der Waals surface area (Å²) < 4.78 is 38.9. The first-order chi connectivity index (χ1) is 23.8. The normalized spacial score (nSPS) is 25.2. The lowest BCUT2D eigenvalue weighted by atomic mass is 9.87. The number of alkyl halides is 1. The smallest absolute Gasteiger partial charge is 0.319 e. The molecule has 2 bridgehead atoms. The number of hydrogen-bond acceptors (Lipinski definition) is 8. The van der Waals surface area contributed by atoms with Crippen molar-refractivity contribution >= 4 is 39.1 Å². The van der Waals surface area contributed by atoms with Gasteiger partial charge in [0.25, 0.3) is 0 Å². The number of aromatic hydroxyl groups is 1. The summed E-state index contributed by atoms with van der Waals surface area (Å²) in [6, 6.07) is 12.4. The monoisotopic (exact) mass is 680 g/mol. The maximum atomic E-state index is 17.3. The van der Waals surface area contributed by atoms with Crippen LogP contribution in [0, 0.1) is 17.1 Å². The van der Waals surface area contributed by atoms with E-state index in [1.165, 1.54) is 6.07 Å². The lowest BCUT2D eigenvalue weighted by molar-refractivity contribution is 0.0585. The third-order valence-corrected chi connectivity index (χ3v) is 10.9. The highest BCUT2D eigenvalue weighted by atomic mass is 35.5. The molecule has 8 nitrogen and oxygen atoms in total. The Kier molecular flexibility index (Phi) is 8.04. The molecule has 11 heteroatoms. The number of ether oxygens (including phenoxy) is 1. The number of hydrogen-bond donors (Lipinski definition) is 2. The molecular weight excluding hydrogens is 646 g/mol.